The average molecular weight is 549 g/mol. The lowest BCUT2D eigenvalue weighted by Gasteiger charge is -2.44. The van der Waals surface area contributed by atoms with E-state index < -0.39 is 17.3 Å². The molecule has 2 aliphatic carbocycles. The van der Waals surface area contributed by atoms with Gasteiger partial charge in [0.1, 0.15) is 12.5 Å². The molecule has 2 unspecified atom stereocenters. The number of allylic oxidation sites excluding steroid dienone is 6. The van der Waals surface area contributed by atoms with Crippen LogP contribution in [0.15, 0.2) is 89.2 Å². The largest absolute Gasteiger partial charge is 0.473 e. The van der Waals surface area contributed by atoms with Crippen molar-refractivity contribution < 1.29 is 22.6 Å². The Hall–Kier alpha value is -3.45. The molecule has 0 N–H and O–H groups in total. The highest BCUT2D eigenvalue weighted by Crippen LogP contribution is 2.39. The summed E-state index contributed by atoms with van der Waals surface area (Å²) in [7, 11) is 0. The van der Waals surface area contributed by atoms with E-state index in [1.807, 2.05) is 4.90 Å². The Morgan fingerprint density at radius 2 is 1.80 bits per heavy atom. The summed E-state index contributed by atoms with van der Waals surface area (Å²) in [5, 5.41) is 0. The summed E-state index contributed by atoms with van der Waals surface area (Å²) in [6.07, 6.45) is 7.23. The van der Waals surface area contributed by atoms with Gasteiger partial charge in [0.25, 0.3) is 0 Å². The number of ether oxygens (including phenoxy) is 2. The van der Waals surface area contributed by atoms with Crippen LogP contribution in [0.4, 0.5) is 18.9 Å². The Morgan fingerprint density at radius 1 is 1.00 bits per heavy atom. The standard InChI is InChI=1S/C33H35F3N2O2/c1-22-4-10-30(23(2)14-22)38-18-26-16-24(5-11-31(26)39-20-38)15-25-12-13-32(3)28(17-25)19-37(21-40-32)29-8-6-27(7-9-29)33(34,35)36/h4-12,16-17,23H,13-15,18-21H2,1-3H3. The number of hydrogen-bond acceptors (Lipinski definition) is 4. The van der Waals surface area contributed by atoms with Gasteiger partial charge in [-0.05, 0) is 98.2 Å². The highest BCUT2D eigenvalue weighted by atomic mass is 19.4. The first-order chi connectivity index (χ1) is 19.1. The molecular weight excluding hydrogens is 513 g/mol. The summed E-state index contributed by atoms with van der Waals surface area (Å²) in [5.74, 6) is 1.43. The van der Waals surface area contributed by atoms with E-state index in [-0.39, 0.29) is 0 Å². The van der Waals surface area contributed by atoms with Gasteiger partial charge in [-0.15, -0.1) is 0 Å². The predicted molar refractivity (Wildman–Crippen MR) is 151 cm³/mol. The van der Waals surface area contributed by atoms with Crippen LogP contribution >= 0.6 is 0 Å². The molecule has 2 heterocycles. The maximum atomic E-state index is 13.0. The second-order valence-electron chi connectivity index (χ2n) is 11.7. The third-order valence-corrected chi connectivity index (χ3v) is 8.56. The number of rotatable bonds is 4. The molecule has 2 atom stereocenters. The quantitative estimate of drug-likeness (QED) is 0.390. The Kier molecular flexibility index (Phi) is 6.81. The van der Waals surface area contributed by atoms with Gasteiger partial charge in [-0.3, -0.25) is 0 Å². The average Bonchev–Trinajstić information content (AvgIpc) is 2.92. The Bertz CT molecular complexity index is 1420. The lowest BCUT2D eigenvalue weighted by atomic mass is 9.82. The van der Waals surface area contributed by atoms with Gasteiger partial charge in [0.05, 0.1) is 11.2 Å². The maximum absolute atomic E-state index is 13.0. The SMILES string of the molecule is CC1=CC=C(N2COc3ccc(CC4=CCC5(C)OCN(c6ccc(C(F)(F)F)cc6)CC5=C4)cc3C2)C(C)C1. The third kappa shape index (κ3) is 5.31. The number of alkyl halides is 3. The molecule has 0 aromatic heterocycles. The number of benzene rings is 2. The first-order valence-corrected chi connectivity index (χ1v) is 13.9. The number of halogens is 3. The summed E-state index contributed by atoms with van der Waals surface area (Å²) in [4.78, 5) is 4.32. The molecule has 4 nitrogen and oxygen atoms in total. The molecule has 2 aromatic carbocycles. The van der Waals surface area contributed by atoms with Gasteiger partial charge in [-0.2, -0.15) is 13.2 Å². The van der Waals surface area contributed by atoms with Crippen LogP contribution in [0.25, 0.3) is 0 Å². The normalized spacial score (nSPS) is 24.7. The smallest absolute Gasteiger partial charge is 0.416 e. The van der Waals surface area contributed by atoms with Gasteiger partial charge in [0.15, 0.2) is 6.73 Å². The second kappa shape index (κ2) is 10.2. The van der Waals surface area contributed by atoms with Crippen molar-refractivity contribution in [2.75, 3.05) is 24.9 Å². The Balaban J connectivity index is 1.16. The fraction of sp³-hybridized carbons (Fsp3) is 0.394. The molecule has 2 aliphatic heterocycles. The second-order valence-corrected chi connectivity index (χ2v) is 11.7. The van der Waals surface area contributed by atoms with Gasteiger partial charge in [-0.1, -0.05) is 36.8 Å². The van der Waals surface area contributed by atoms with Crippen molar-refractivity contribution in [3.63, 3.8) is 0 Å². The molecule has 4 aliphatic rings. The van der Waals surface area contributed by atoms with Crippen molar-refractivity contribution in [1.82, 2.24) is 4.90 Å². The molecule has 2 aromatic rings. The molecule has 0 bridgehead atoms. The minimum Gasteiger partial charge on any atom is -0.473 e. The van der Waals surface area contributed by atoms with Crippen LogP contribution in [0.2, 0.25) is 0 Å². The summed E-state index contributed by atoms with van der Waals surface area (Å²) in [6, 6.07) is 11.8. The first kappa shape index (κ1) is 26.8. The maximum Gasteiger partial charge on any atom is 0.416 e. The summed E-state index contributed by atoms with van der Waals surface area (Å²) < 4.78 is 51.4. The fourth-order valence-corrected chi connectivity index (χ4v) is 6.15. The topological polar surface area (TPSA) is 24.9 Å². The molecular formula is C33H35F3N2O2. The number of fused-ring (bicyclic) bond motifs is 2. The molecule has 6 rings (SSSR count). The molecule has 40 heavy (non-hydrogen) atoms. The van der Waals surface area contributed by atoms with Crippen molar-refractivity contribution in [3.05, 3.63) is 106 Å². The Morgan fingerprint density at radius 3 is 2.55 bits per heavy atom. The van der Waals surface area contributed by atoms with Gasteiger partial charge in [0.2, 0.25) is 0 Å². The summed E-state index contributed by atoms with van der Waals surface area (Å²) in [6.45, 7) is 8.92. The van der Waals surface area contributed by atoms with E-state index >= 15 is 0 Å². The molecule has 0 radical (unpaired) electrons. The highest BCUT2D eigenvalue weighted by Gasteiger charge is 2.37. The minimum atomic E-state index is -4.34. The van der Waals surface area contributed by atoms with Crippen molar-refractivity contribution >= 4 is 5.69 Å². The third-order valence-electron chi connectivity index (χ3n) is 8.56. The fourth-order valence-electron chi connectivity index (χ4n) is 6.15. The van der Waals surface area contributed by atoms with Gasteiger partial charge >= 0.3 is 6.18 Å². The number of nitrogens with zero attached hydrogens (tertiary/aromatic N) is 2. The van der Waals surface area contributed by atoms with Gasteiger partial charge in [-0.25, -0.2) is 0 Å². The van der Waals surface area contributed by atoms with Crippen molar-refractivity contribution in [2.24, 2.45) is 5.92 Å². The molecule has 0 amide bonds. The zero-order valence-corrected chi connectivity index (χ0v) is 23.2. The molecule has 0 spiro atoms. The highest BCUT2D eigenvalue weighted by molar-refractivity contribution is 5.52. The van der Waals surface area contributed by atoms with E-state index in [0.29, 0.717) is 25.9 Å². The summed E-state index contributed by atoms with van der Waals surface area (Å²) in [5.41, 5.74) is 7.22. The molecule has 210 valence electrons. The minimum absolute atomic E-state index is 0.341. The first-order valence-electron chi connectivity index (χ1n) is 13.9. The van der Waals surface area contributed by atoms with Gasteiger partial charge < -0.3 is 19.3 Å². The van der Waals surface area contributed by atoms with Crippen molar-refractivity contribution in [3.8, 4) is 5.75 Å². The molecule has 1 saturated heterocycles. The van der Waals surface area contributed by atoms with E-state index in [4.69, 9.17) is 9.47 Å². The predicted octanol–water partition coefficient (Wildman–Crippen LogP) is 7.78. The van der Waals surface area contributed by atoms with Crippen molar-refractivity contribution in [1.29, 1.82) is 0 Å². The van der Waals surface area contributed by atoms with E-state index in [0.717, 1.165) is 54.9 Å². The van der Waals surface area contributed by atoms with Crippen LogP contribution in [0.3, 0.4) is 0 Å². The zero-order valence-electron chi connectivity index (χ0n) is 23.2. The van der Waals surface area contributed by atoms with Crippen LogP contribution in [-0.2, 0) is 23.9 Å². The van der Waals surface area contributed by atoms with Crippen LogP contribution in [-0.4, -0.2) is 30.5 Å². The molecule has 0 saturated carbocycles. The van der Waals surface area contributed by atoms with Crippen LogP contribution < -0.4 is 9.64 Å². The van der Waals surface area contributed by atoms with E-state index in [2.05, 4.69) is 68.2 Å². The van der Waals surface area contributed by atoms with Crippen molar-refractivity contribution in [2.45, 2.75) is 58.4 Å². The number of hydrogen-bond donors (Lipinski definition) is 0. The monoisotopic (exact) mass is 548 g/mol. The van der Waals surface area contributed by atoms with Gasteiger partial charge in [0, 0.05) is 30.0 Å². The Labute approximate surface area is 234 Å². The summed E-state index contributed by atoms with van der Waals surface area (Å²) >= 11 is 0. The van der Waals surface area contributed by atoms with Crippen LogP contribution in [0.5, 0.6) is 5.75 Å². The number of anilines is 1. The molecule has 7 heteroatoms. The zero-order chi connectivity index (χ0) is 28.1. The van der Waals surface area contributed by atoms with E-state index in [1.165, 1.54) is 40.1 Å². The van der Waals surface area contributed by atoms with E-state index in [9.17, 15) is 13.2 Å². The lowest BCUT2D eigenvalue weighted by Crippen LogP contribution is -2.47. The lowest BCUT2D eigenvalue weighted by molar-refractivity contribution is -0.137. The molecule has 1 fully saturated rings. The van der Waals surface area contributed by atoms with Crippen LogP contribution in [0.1, 0.15) is 50.3 Å². The van der Waals surface area contributed by atoms with E-state index in [1.54, 1.807) is 0 Å². The van der Waals surface area contributed by atoms with Crippen LogP contribution in [0, 0.1) is 5.92 Å².